The number of fused-ring (bicyclic) bond motifs is 2. The first-order valence-electron chi connectivity index (χ1n) is 10.4. The quantitative estimate of drug-likeness (QED) is 0.458. The molecule has 1 amide bonds. The van der Waals surface area contributed by atoms with E-state index < -0.39 is 0 Å². The van der Waals surface area contributed by atoms with E-state index in [1.165, 1.54) is 5.56 Å². The molecule has 2 aliphatic rings. The Hall–Kier alpha value is -3.48. The van der Waals surface area contributed by atoms with Crippen molar-refractivity contribution >= 4 is 40.2 Å². The van der Waals surface area contributed by atoms with Crippen LogP contribution in [0.3, 0.4) is 0 Å². The van der Waals surface area contributed by atoms with Crippen LogP contribution in [0.25, 0.3) is 11.3 Å². The van der Waals surface area contributed by atoms with Crippen molar-refractivity contribution in [2.45, 2.75) is 13.5 Å². The van der Waals surface area contributed by atoms with Crippen molar-refractivity contribution in [3.05, 3.63) is 82.4 Å². The van der Waals surface area contributed by atoms with Gasteiger partial charge in [-0.25, -0.2) is 0 Å². The summed E-state index contributed by atoms with van der Waals surface area (Å²) in [6, 6.07) is 19.2. The smallest absolute Gasteiger partial charge is 0.258 e. The molecule has 5 rings (SSSR count). The SMILES string of the molecule is CCNCc1ccc(NC(=C2C(=O)Nc3cc(Cl)ccc32)c2ccc3c(c2)OCO3)cc1. The van der Waals surface area contributed by atoms with Gasteiger partial charge >= 0.3 is 0 Å². The molecule has 3 N–H and O–H groups in total. The summed E-state index contributed by atoms with van der Waals surface area (Å²) >= 11 is 6.14. The van der Waals surface area contributed by atoms with Crippen LogP contribution in [-0.4, -0.2) is 19.2 Å². The van der Waals surface area contributed by atoms with Crippen LogP contribution in [0.5, 0.6) is 11.5 Å². The molecule has 0 atom stereocenters. The van der Waals surface area contributed by atoms with Gasteiger partial charge in [-0.3, -0.25) is 4.79 Å². The first kappa shape index (κ1) is 20.4. The Morgan fingerprint density at radius 2 is 1.84 bits per heavy atom. The van der Waals surface area contributed by atoms with Gasteiger partial charge in [0.15, 0.2) is 11.5 Å². The molecule has 2 heterocycles. The van der Waals surface area contributed by atoms with Gasteiger partial charge in [-0.15, -0.1) is 0 Å². The van der Waals surface area contributed by atoms with E-state index in [-0.39, 0.29) is 12.7 Å². The third-order valence-electron chi connectivity index (χ3n) is 5.44. The van der Waals surface area contributed by atoms with Gasteiger partial charge < -0.3 is 25.4 Å². The van der Waals surface area contributed by atoms with Gasteiger partial charge in [0.2, 0.25) is 6.79 Å². The second-order valence-corrected chi connectivity index (χ2v) is 8.00. The second-order valence-electron chi connectivity index (χ2n) is 7.56. The number of carbonyl (C=O) groups excluding carboxylic acids is 1. The van der Waals surface area contributed by atoms with E-state index in [1.54, 1.807) is 12.1 Å². The second kappa shape index (κ2) is 8.57. The number of amides is 1. The summed E-state index contributed by atoms with van der Waals surface area (Å²) in [7, 11) is 0. The molecule has 3 aromatic carbocycles. The lowest BCUT2D eigenvalue weighted by atomic mass is 9.99. The van der Waals surface area contributed by atoms with Crippen molar-refractivity contribution in [1.82, 2.24) is 5.32 Å². The summed E-state index contributed by atoms with van der Waals surface area (Å²) in [6.45, 7) is 3.99. The Morgan fingerprint density at radius 1 is 1.03 bits per heavy atom. The molecule has 7 heteroatoms. The fraction of sp³-hybridized carbons (Fsp3) is 0.160. The molecule has 3 aromatic rings. The van der Waals surface area contributed by atoms with E-state index in [0.717, 1.165) is 29.9 Å². The molecule has 0 bridgehead atoms. The normalized spacial score (nSPS) is 15.4. The first-order valence-corrected chi connectivity index (χ1v) is 10.8. The van der Waals surface area contributed by atoms with Crippen LogP contribution in [0.1, 0.15) is 23.6 Å². The van der Waals surface area contributed by atoms with Gasteiger partial charge in [-0.2, -0.15) is 0 Å². The average Bonchev–Trinajstić information content (AvgIpc) is 3.39. The Morgan fingerprint density at radius 3 is 2.66 bits per heavy atom. The maximum atomic E-state index is 13.0. The highest BCUT2D eigenvalue weighted by molar-refractivity contribution is 6.38. The monoisotopic (exact) mass is 447 g/mol. The highest BCUT2D eigenvalue weighted by Crippen LogP contribution is 2.41. The lowest BCUT2D eigenvalue weighted by Crippen LogP contribution is -2.12. The lowest BCUT2D eigenvalue weighted by Gasteiger charge is -2.16. The Balaban J connectivity index is 1.59. The van der Waals surface area contributed by atoms with E-state index in [2.05, 4.69) is 35.0 Å². The van der Waals surface area contributed by atoms with E-state index in [1.807, 2.05) is 36.4 Å². The van der Waals surface area contributed by atoms with Crippen molar-refractivity contribution in [2.75, 3.05) is 24.0 Å². The molecular formula is C25H22ClN3O3. The van der Waals surface area contributed by atoms with Crippen molar-refractivity contribution < 1.29 is 14.3 Å². The molecule has 2 aliphatic heterocycles. The maximum absolute atomic E-state index is 13.0. The summed E-state index contributed by atoms with van der Waals surface area (Å²) in [6.07, 6.45) is 0. The maximum Gasteiger partial charge on any atom is 0.258 e. The van der Waals surface area contributed by atoms with Crippen LogP contribution in [-0.2, 0) is 11.3 Å². The zero-order valence-electron chi connectivity index (χ0n) is 17.5. The molecule has 32 heavy (non-hydrogen) atoms. The highest BCUT2D eigenvalue weighted by Gasteiger charge is 2.29. The van der Waals surface area contributed by atoms with Gasteiger partial charge in [-0.05, 0) is 54.6 Å². The van der Waals surface area contributed by atoms with Crippen LogP contribution < -0.4 is 25.4 Å². The minimum absolute atomic E-state index is 0.188. The lowest BCUT2D eigenvalue weighted by molar-refractivity contribution is -0.110. The van der Waals surface area contributed by atoms with Gasteiger partial charge in [0.05, 0.1) is 17.0 Å². The molecular weight excluding hydrogens is 426 g/mol. The zero-order chi connectivity index (χ0) is 22.1. The number of ether oxygens (including phenoxy) is 2. The first-order chi connectivity index (χ1) is 15.6. The molecule has 0 fully saturated rings. The van der Waals surface area contributed by atoms with Crippen LogP contribution in [0, 0.1) is 0 Å². The number of hydrogen-bond acceptors (Lipinski definition) is 5. The molecule has 0 aromatic heterocycles. The molecule has 0 saturated carbocycles. The van der Waals surface area contributed by atoms with E-state index in [0.29, 0.717) is 33.5 Å². The van der Waals surface area contributed by atoms with Gasteiger partial charge in [0, 0.05) is 28.4 Å². The predicted molar refractivity (Wildman–Crippen MR) is 127 cm³/mol. The van der Waals surface area contributed by atoms with E-state index in [9.17, 15) is 4.79 Å². The Bertz CT molecular complexity index is 1220. The summed E-state index contributed by atoms with van der Waals surface area (Å²) in [5.74, 6) is 1.15. The van der Waals surface area contributed by atoms with E-state index >= 15 is 0 Å². The summed E-state index contributed by atoms with van der Waals surface area (Å²) < 4.78 is 11.0. The summed E-state index contributed by atoms with van der Waals surface area (Å²) in [5.41, 5.74) is 5.60. The molecule has 6 nitrogen and oxygen atoms in total. The minimum Gasteiger partial charge on any atom is -0.454 e. The molecule has 0 saturated heterocycles. The van der Waals surface area contributed by atoms with Gasteiger partial charge in [0.25, 0.3) is 5.91 Å². The summed E-state index contributed by atoms with van der Waals surface area (Å²) in [4.78, 5) is 13.0. The number of rotatable bonds is 6. The number of hydrogen-bond donors (Lipinski definition) is 3. The molecule has 0 unspecified atom stereocenters. The number of anilines is 2. The minimum atomic E-state index is -0.189. The van der Waals surface area contributed by atoms with Gasteiger partial charge in [-0.1, -0.05) is 36.7 Å². The Labute approximate surface area is 191 Å². The topological polar surface area (TPSA) is 71.6 Å². The van der Waals surface area contributed by atoms with Crippen molar-refractivity contribution in [3.8, 4) is 11.5 Å². The van der Waals surface area contributed by atoms with Crippen LogP contribution >= 0.6 is 11.6 Å². The number of halogens is 1. The van der Waals surface area contributed by atoms with Crippen LogP contribution in [0.4, 0.5) is 11.4 Å². The largest absolute Gasteiger partial charge is 0.454 e. The molecule has 0 spiro atoms. The number of nitrogens with one attached hydrogen (secondary N) is 3. The number of carbonyl (C=O) groups is 1. The van der Waals surface area contributed by atoms with E-state index in [4.69, 9.17) is 21.1 Å². The standard InChI is InChI=1S/C25H22ClN3O3/c1-2-27-13-15-3-7-18(8-4-15)28-24(16-5-10-21-22(11-16)32-14-31-21)23-19-9-6-17(26)12-20(19)29-25(23)30/h3-12,27-28H,2,13-14H2,1H3,(H,29,30). The third-order valence-corrected chi connectivity index (χ3v) is 5.67. The Kier molecular flexibility index (Phi) is 5.47. The third kappa shape index (κ3) is 3.90. The molecule has 0 aliphatic carbocycles. The van der Waals surface area contributed by atoms with Crippen molar-refractivity contribution in [2.24, 2.45) is 0 Å². The average molecular weight is 448 g/mol. The zero-order valence-corrected chi connectivity index (χ0v) is 18.3. The molecule has 162 valence electrons. The van der Waals surface area contributed by atoms with Crippen molar-refractivity contribution in [1.29, 1.82) is 0 Å². The number of benzene rings is 3. The fourth-order valence-corrected chi connectivity index (χ4v) is 4.02. The summed E-state index contributed by atoms with van der Waals surface area (Å²) in [5, 5.41) is 10.3. The van der Waals surface area contributed by atoms with Gasteiger partial charge in [0.1, 0.15) is 0 Å². The molecule has 0 radical (unpaired) electrons. The fourth-order valence-electron chi connectivity index (χ4n) is 3.84. The van der Waals surface area contributed by atoms with Crippen LogP contribution in [0.15, 0.2) is 60.7 Å². The van der Waals surface area contributed by atoms with Crippen LogP contribution in [0.2, 0.25) is 5.02 Å². The predicted octanol–water partition coefficient (Wildman–Crippen LogP) is 5.11. The highest BCUT2D eigenvalue weighted by atomic mass is 35.5. The van der Waals surface area contributed by atoms with Crippen molar-refractivity contribution in [3.63, 3.8) is 0 Å².